The van der Waals surface area contributed by atoms with Crippen molar-refractivity contribution in [3.63, 3.8) is 0 Å². The lowest BCUT2D eigenvalue weighted by Crippen LogP contribution is -2.25. The van der Waals surface area contributed by atoms with Gasteiger partial charge in [0.15, 0.2) is 0 Å². The highest BCUT2D eigenvalue weighted by Gasteiger charge is 2.45. The van der Waals surface area contributed by atoms with Gasteiger partial charge in [-0.3, -0.25) is 0 Å². The fourth-order valence-corrected chi connectivity index (χ4v) is 19.6. The summed E-state index contributed by atoms with van der Waals surface area (Å²) in [6.45, 7) is 9.32. The molecule has 0 saturated carbocycles. The molecule has 1 N–H and O–H groups in total. The molecule has 2 aliphatic carbocycles. The van der Waals surface area contributed by atoms with Crippen molar-refractivity contribution < 1.29 is 9.90 Å². The Hall–Kier alpha value is -6.42. The van der Waals surface area contributed by atoms with E-state index in [2.05, 4.69) is 190 Å². The maximum Gasteiger partial charge on any atom is 0.346 e. The number of aliphatic carboxylic acids is 1. The lowest BCUT2D eigenvalue weighted by atomic mass is 9.71. The van der Waals surface area contributed by atoms with Crippen LogP contribution in [0.4, 0.5) is 17.1 Å². The number of unbranched alkanes of at least 4 members (excludes halogenated alkanes) is 10. The molecular formula is C72H68N2O2S6. The predicted molar refractivity (Wildman–Crippen MR) is 357 cm³/mol. The topological polar surface area (TPSA) is 64.3 Å². The summed E-state index contributed by atoms with van der Waals surface area (Å²) in [6.07, 6.45) is 18.7. The lowest BCUT2D eigenvalue weighted by Gasteiger charge is -2.31. The number of benzene rings is 4. The number of nitrogens with zero attached hydrogens (tertiary/aromatic N) is 2. The second kappa shape index (κ2) is 24.4. The summed E-state index contributed by atoms with van der Waals surface area (Å²) in [5.41, 5.74) is 12.4. The Morgan fingerprint density at radius 1 is 0.476 bits per heavy atom. The van der Waals surface area contributed by atoms with Crippen molar-refractivity contribution >= 4 is 97.1 Å². The van der Waals surface area contributed by atoms with Crippen molar-refractivity contribution in [3.05, 3.63) is 190 Å². The maximum atomic E-state index is 12.0. The smallest absolute Gasteiger partial charge is 0.346 e. The zero-order valence-corrected chi connectivity index (χ0v) is 52.1. The van der Waals surface area contributed by atoms with Crippen LogP contribution in [0.3, 0.4) is 0 Å². The maximum absolute atomic E-state index is 12.0. The molecule has 10 heteroatoms. The van der Waals surface area contributed by atoms with Crippen molar-refractivity contribution in [1.29, 1.82) is 5.26 Å². The van der Waals surface area contributed by atoms with E-state index in [1.807, 2.05) is 62.8 Å². The minimum atomic E-state index is -1.17. The second-order valence-corrected chi connectivity index (χ2v) is 29.1. The fourth-order valence-electron chi connectivity index (χ4n) is 12.6. The molecule has 2 aliphatic rings. The highest BCUT2D eigenvalue weighted by molar-refractivity contribution is 7.30. The molecule has 82 heavy (non-hydrogen) atoms. The average Bonchev–Trinajstić information content (AvgIpc) is 3.23. The lowest BCUT2D eigenvalue weighted by molar-refractivity contribution is -0.132. The molecule has 0 atom stereocenters. The van der Waals surface area contributed by atoms with Gasteiger partial charge < -0.3 is 10.0 Å². The summed E-state index contributed by atoms with van der Waals surface area (Å²) in [4.78, 5) is 29.5. The van der Waals surface area contributed by atoms with Crippen LogP contribution < -0.4 is 4.90 Å². The van der Waals surface area contributed by atoms with Crippen molar-refractivity contribution in [3.8, 4) is 76.4 Å². The van der Waals surface area contributed by atoms with Crippen LogP contribution in [0.1, 0.15) is 145 Å². The number of carboxylic acid groups (broad SMARTS) is 1. The van der Waals surface area contributed by atoms with Crippen LogP contribution in [-0.4, -0.2) is 11.1 Å². The summed E-state index contributed by atoms with van der Waals surface area (Å²) < 4.78 is 0. The molecule has 0 bridgehead atoms. The third kappa shape index (κ3) is 11.0. The van der Waals surface area contributed by atoms with Gasteiger partial charge in [-0.05, 0) is 161 Å². The Morgan fingerprint density at radius 2 is 0.927 bits per heavy atom. The molecular weight excluding hydrogens is 1120 g/mol. The molecule has 4 aromatic carbocycles. The largest absolute Gasteiger partial charge is 0.477 e. The Balaban J connectivity index is 0.774. The van der Waals surface area contributed by atoms with Crippen LogP contribution in [0.2, 0.25) is 0 Å². The minimum Gasteiger partial charge on any atom is -0.477 e. The Labute approximate surface area is 508 Å². The third-order valence-corrected chi connectivity index (χ3v) is 24.5. The molecule has 12 rings (SSSR count). The number of anilines is 3. The minimum absolute atomic E-state index is 0.117. The van der Waals surface area contributed by atoms with Crippen LogP contribution >= 0.6 is 68.0 Å². The highest BCUT2D eigenvalue weighted by Crippen LogP contribution is 2.62. The highest BCUT2D eigenvalue weighted by atomic mass is 32.1. The third-order valence-electron chi connectivity index (χ3n) is 16.9. The van der Waals surface area contributed by atoms with E-state index < -0.39 is 5.97 Å². The summed E-state index contributed by atoms with van der Waals surface area (Å²) in [7, 11) is 0. The molecule has 0 fully saturated rings. The predicted octanol–water partition coefficient (Wildman–Crippen LogP) is 23.9. The molecule has 0 radical (unpaired) electrons. The number of nitriles is 1. The first-order chi connectivity index (χ1) is 40.1. The van der Waals surface area contributed by atoms with Gasteiger partial charge >= 0.3 is 5.97 Å². The first kappa shape index (κ1) is 56.1. The molecule has 6 heterocycles. The molecule has 0 amide bonds. The summed E-state index contributed by atoms with van der Waals surface area (Å²) >= 11 is 11.1. The van der Waals surface area contributed by atoms with Gasteiger partial charge in [0.1, 0.15) is 11.6 Å². The van der Waals surface area contributed by atoms with Crippen LogP contribution in [0.15, 0.2) is 163 Å². The number of thiophene rings is 6. The van der Waals surface area contributed by atoms with E-state index in [1.165, 1.54) is 170 Å². The first-order valence-electron chi connectivity index (χ1n) is 29.3. The number of hydrogen-bond donors (Lipinski definition) is 1. The Morgan fingerprint density at radius 3 is 1.45 bits per heavy atom. The average molecular weight is 1190 g/mol. The van der Waals surface area contributed by atoms with Gasteiger partial charge in [0.2, 0.25) is 0 Å². The van der Waals surface area contributed by atoms with E-state index in [0.29, 0.717) is 0 Å². The number of carbonyl (C=O) groups is 1. The van der Waals surface area contributed by atoms with Crippen LogP contribution in [-0.2, 0) is 15.6 Å². The van der Waals surface area contributed by atoms with Crippen LogP contribution in [0.25, 0.3) is 76.4 Å². The van der Waals surface area contributed by atoms with E-state index in [-0.39, 0.29) is 16.4 Å². The van der Waals surface area contributed by atoms with E-state index in [1.54, 1.807) is 17.4 Å². The molecule has 414 valence electrons. The number of rotatable bonds is 24. The monoisotopic (exact) mass is 1180 g/mol. The fraction of sp³-hybridized carbons (Fsp3) is 0.278. The molecule has 0 saturated heterocycles. The Kier molecular flexibility index (Phi) is 16.7. The summed E-state index contributed by atoms with van der Waals surface area (Å²) in [6, 6.07) is 60.6. The molecule has 0 spiro atoms. The van der Waals surface area contributed by atoms with Gasteiger partial charge in [-0.2, -0.15) is 5.26 Å². The SMILES string of the molecule is CCCCCCCCC1(CCCCCCCC)c2cc(/C=C(\C#N)C(=O)O)sc2-c2sc(-c3ccc(-c4ccc(-c5ccc(-c6ccc(-c7ccc8c(c7)C(C)(C)c7cc(N(c9ccccc9)c9ccccc9)ccc7-8)s6)s5)s4)s3)cc21. The van der Waals surface area contributed by atoms with Crippen molar-refractivity contribution in [1.82, 2.24) is 0 Å². The zero-order valence-electron chi connectivity index (χ0n) is 47.2. The molecule has 0 unspecified atom stereocenters. The second-order valence-electron chi connectivity index (χ2n) is 22.6. The quantitative estimate of drug-likeness (QED) is 0.0372. The van der Waals surface area contributed by atoms with E-state index in [0.717, 1.165) is 34.8 Å². The van der Waals surface area contributed by atoms with E-state index >= 15 is 0 Å². The summed E-state index contributed by atoms with van der Waals surface area (Å²) in [5, 5.41) is 19.6. The van der Waals surface area contributed by atoms with Gasteiger partial charge in [0, 0.05) is 86.4 Å². The van der Waals surface area contributed by atoms with Gasteiger partial charge in [0.05, 0.1) is 0 Å². The number of para-hydroxylation sites is 2. The molecule has 4 nitrogen and oxygen atoms in total. The number of fused-ring (bicyclic) bond motifs is 6. The van der Waals surface area contributed by atoms with E-state index in [4.69, 9.17) is 0 Å². The number of hydrogen-bond acceptors (Lipinski definition) is 9. The first-order valence-corrected chi connectivity index (χ1v) is 34.2. The standard InChI is InChI=1S/C72H68N2O2S6/c1-5-7-9-11-13-21-39-72(40-22-14-12-10-8-6-2)57-44-52(41-48(46-73)70(75)76)77-68(57)69-58(72)45-67(82-69)66-38-37-65(81-66)64-36-35-63(80-64)62-34-33-61(79-62)60-32-31-59(78-60)47-27-29-53-54-30-28-51(43-56(54)71(3,4)55(53)42-47)74(49-23-17-15-18-24-49)50-25-19-16-20-26-50/h15-20,23-38,41-45H,5-14,21-22,39-40H2,1-4H3,(H,75,76)/b48-41+. The van der Waals surface area contributed by atoms with Gasteiger partial charge in [0.25, 0.3) is 0 Å². The van der Waals surface area contributed by atoms with Crippen LogP contribution in [0, 0.1) is 11.3 Å². The molecule has 10 aromatic rings. The van der Waals surface area contributed by atoms with E-state index in [9.17, 15) is 15.2 Å². The molecule has 6 aromatic heterocycles. The zero-order chi connectivity index (χ0) is 56.4. The summed E-state index contributed by atoms with van der Waals surface area (Å²) in [5.74, 6) is -1.17. The molecule has 0 aliphatic heterocycles. The van der Waals surface area contributed by atoms with Gasteiger partial charge in [-0.25, -0.2) is 4.79 Å². The number of carboxylic acids is 1. The van der Waals surface area contributed by atoms with Gasteiger partial charge in [-0.15, -0.1) is 68.0 Å². The van der Waals surface area contributed by atoms with Gasteiger partial charge in [-0.1, -0.05) is 159 Å². The normalized spacial score (nSPS) is 13.7. The van der Waals surface area contributed by atoms with Crippen LogP contribution in [0.5, 0.6) is 0 Å². The van der Waals surface area contributed by atoms with Crippen molar-refractivity contribution in [2.75, 3.05) is 4.90 Å². The Bertz CT molecular complexity index is 3910. The van der Waals surface area contributed by atoms with Crippen molar-refractivity contribution in [2.24, 2.45) is 0 Å². The van der Waals surface area contributed by atoms with Crippen molar-refractivity contribution in [2.45, 2.75) is 128 Å².